The first-order chi connectivity index (χ1) is 7.79. The molecule has 1 aliphatic heterocycles. The second-order valence-corrected chi connectivity index (χ2v) is 4.04. The van der Waals surface area contributed by atoms with Gasteiger partial charge in [-0.25, -0.2) is 9.97 Å². The fraction of sp³-hybridized carbons (Fsp3) is 0.636. The van der Waals surface area contributed by atoms with Crippen molar-refractivity contribution in [2.45, 2.75) is 18.9 Å². The molecule has 0 saturated carbocycles. The Balaban J connectivity index is 1.96. The fourth-order valence-corrected chi connectivity index (χ4v) is 1.90. The van der Waals surface area contributed by atoms with E-state index < -0.39 is 0 Å². The largest absolute Gasteiger partial charge is 0.481 e. The van der Waals surface area contributed by atoms with E-state index in [9.17, 15) is 0 Å². The first kappa shape index (κ1) is 11.3. The van der Waals surface area contributed by atoms with E-state index in [2.05, 4.69) is 9.97 Å². The molecule has 1 aliphatic rings. The van der Waals surface area contributed by atoms with Crippen LogP contribution in [0.2, 0.25) is 0 Å². The lowest BCUT2D eigenvalue weighted by molar-refractivity contribution is 0.180. The van der Waals surface area contributed by atoms with Gasteiger partial charge in [-0.2, -0.15) is 0 Å². The molecule has 1 aromatic heterocycles. The second-order valence-electron chi connectivity index (χ2n) is 4.04. The van der Waals surface area contributed by atoms with E-state index in [1.54, 1.807) is 7.11 Å². The smallest absolute Gasteiger partial charge is 0.216 e. The molecular formula is C11H17N3O2. The summed E-state index contributed by atoms with van der Waals surface area (Å²) in [6.45, 7) is 1.59. The van der Waals surface area contributed by atoms with E-state index in [0.717, 1.165) is 31.7 Å². The van der Waals surface area contributed by atoms with Gasteiger partial charge in [0.2, 0.25) is 5.88 Å². The van der Waals surface area contributed by atoms with Crippen LogP contribution in [0, 0.1) is 5.92 Å². The minimum absolute atomic E-state index is 0.0992. The summed E-state index contributed by atoms with van der Waals surface area (Å²) in [7, 11) is 1.59. The van der Waals surface area contributed by atoms with E-state index >= 15 is 0 Å². The molecule has 1 saturated heterocycles. The second kappa shape index (κ2) is 5.23. The summed E-state index contributed by atoms with van der Waals surface area (Å²) in [4.78, 5) is 8.15. The molecule has 5 nitrogen and oxygen atoms in total. The van der Waals surface area contributed by atoms with Crippen molar-refractivity contribution in [2.24, 2.45) is 11.7 Å². The number of rotatable bonds is 4. The normalized spacial score (nSPS) is 22.0. The zero-order valence-electron chi connectivity index (χ0n) is 9.43. The molecule has 2 unspecified atom stereocenters. The molecule has 0 aromatic carbocycles. The van der Waals surface area contributed by atoms with Crippen molar-refractivity contribution >= 4 is 0 Å². The van der Waals surface area contributed by atoms with Gasteiger partial charge in [0.25, 0.3) is 0 Å². The summed E-state index contributed by atoms with van der Waals surface area (Å²) < 4.78 is 10.4. The molecule has 0 radical (unpaired) electrons. The highest BCUT2D eigenvalue weighted by Gasteiger charge is 2.23. The highest BCUT2D eigenvalue weighted by atomic mass is 16.5. The SMILES string of the molecule is COc1cc(CC(N)C2CCOC2)ncn1. The van der Waals surface area contributed by atoms with E-state index in [4.69, 9.17) is 15.2 Å². The molecule has 0 bridgehead atoms. The van der Waals surface area contributed by atoms with Gasteiger partial charge in [-0.1, -0.05) is 0 Å². The van der Waals surface area contributed by atoms with Gasteiger partial charge in [0, 0.05) is 30.8 Å². The molecule has 1 aromatic rings. The van der Waals surface area contributed by atoms with E-state index in [1.807, 2.05) is 6.07 Å². The minimum atomic E-state index is 0.0992. The first-order valence-corrected chi connectivity index (χ1v) is 5.48. The maximum absolute atomic E-state index is 6.12. The lowest BCUT2D eigenvalue weighted by Gasteiger charge is -2.16. The molecular weight excluding hydrogens is 206 g/mol. The van der Waals surface area contributed by atoms with Gasteiger partial charge in [0.1, 0.15) is 6.33 Å². The monoisotopic (exact) mass is 223 g/mol. The zero-order chi connectivity index (χ0) is 11.4. The minimum Gasteiger partial charge on any atom is -0.481 e. The number of aromatic nitrogens is 2. The number of nitrogens with two attached hydrogens (primary N) is 1. The molecule has 2 atom stereocenters. The number of hydrogen-bond donors (Lipinski definition) is 1. The molecule has 2 rings (SSSR count). The van der Waals surface area contributed by atoms with Crippen molar-refractivity contribution in [2.75, 3.05) is 20.3 Å². The molecule has 2 heterocycles. The Morgan fingerprint density at radius 2 is 2.50 bits per heavy atom. The zero-order valence-corrected chi connectivity index (χ0v) is 9.43. The Morgan fingerprint density at radius 1 is 1.62 bits per heavy atom. The third kappa shape index (κ3) is 2.68. The van der Waals surface area contributed by atoms with Crippen molar-refractivity contribution < 1.29 is 9.47 Å². The number of hydrogen-bond acceptors (Lipinski definition) is 5. The predicted octanol–water partition coefficient (Wildman–Crippen LogP) is 0.391. The lowest BCUT2D eigenvalue weighted by Crippen LogP contribution is -2.32. The van der Waals surface area contributed by atoms with E-state index in [1.165, 1.54) is 6.33 Å². The summed E-state index contributed by atoms with van der Waals surface area (Å²) in [6.07, 6.45) is 3.29. The van der Waals surface area contributed by atoms with Gasteiger partial charge in [-0.15, -0.1) is 0 Å². The molecule has 1 fully saturated rings. The average Bonchev–Trinajstić information content (AvgIpc) is 2.83. The third-order valence-corrected chi connectivity index (χ3v) is 2.92. The molecule has 0 amide bonds. The van der Waals surface area contributed by atoms with Crippen molar-refractivity contribution in [3.05, 3.63) is 18.1 Å². The Hall–Kier alpha value is -1.20. The fourth-order valence-electron chi connectivity index (χ4n) is 1.90. The van der Waals surface area contributed by atoms with Crippen LogP contribution in [0.15, 0.2) is 12.4 Å². The van der Waals surface area contributed by atoms with E-state index in [-0.39, 0.29) is 6.04 Å². The van der Waals surface area contributed by atoms with Crippen LogP contribution in [-0.2, 0) is 11.2 Å². The van der Waals surface area contributed by atoms with Gasteiger partial charge in [-0.05, 0) is 12.3 Å². The topological polar surface area (TPSA) is 70.3 Å². The molecule has 0 aliphatic carbocycles. The van der Waals surface area contributed by atoms with Crippen LogP contribution >= 0.6 is 0 Å². The quantitative estimate of drug-likeness (QED) is 0.799. The average molecular weight is 223 g/mol. The molecule has 5 heteroatoms. The molecule has 88 valence electrons. The Morgan fingerprint density at radius 3 is 3.19 bits per heavy atom. The van der Waals surface area contributed by atoms with Crippen LogP contribution in [-0.4, -0.2) is 36.3 Å². The van der Waals surface area contributed by atoms with E-state index in [0.29, 0.717) is 11.8 Å². The predicted molar refractivity (Wildman–Crippen MR) is 59.2 cm³/mol. The summed E-state index contributed by atoms with van der Waals surface area (Å²) in [5.41, 5.74) is 7.04. The maximum atomic E-state index is 6.12. The van der Waals surface area contributed by atoms with Crippen LogP contribution in [0.4, 0.5) is 0 Å². The van der Waals surface area contributed by atoms with Gasteiger partial charge in [-0.3, -0.25) is 0 Å². The highest BCUT2D eigenvalue weighted by molar-refractivity contribution is 5.14. The summed E-state index contributed by atoms with van der Waals surface area (Å²) in [5, 5.41) is 0. The van der Waals surface area contributed by atoms with Gasteiger partial charge in [0.05, 0.1) is 13.7 Å². The number of methoxy groups -OCH3 is 1. The van der Waals surface area contributed by atoms with Crippen molar-refractivity contribution in [3.8, 4) is 5.88 Å². The number of ether oxygens (including phenoxy) is 2. The van der Waals surface area contributed by atoms with Crippen molar-refractivity contribution in [1.82, 2.24) is 9.97 Å². The van der Waals surface area contributed by atoms with Crippen LogP contribution in [0.1, 0.15) is 12.1 Å². The summed E-state index contributed by atoms with van der Waals surface area (Å²) in [6, 6.07) is 1.93. The van der Waals surface area contributed by atoms with Gasteiger partial charge >= 0.3 is 0 Å². The Bertz CT molecular complexity index is 340. The van der Waals surface area contributed by atoms with Crippen molar-refractivity contribution in [3.63, 3.8) is 0 Å². The molecule has 2 N–H and O–H groups in total. The van der Waals surface area contributed by atoms with Crippen LogP contribution in [0.3, 0.4) is 0 Å². The number of nitrogens with zero attached hydrogens (tertiary/aromatic N) is 2. The third-order valence-electron chi connectivity index (χ3n) is 2.92. The van der Waals surface area contributed by atoms with Crippen LogP contribution in [0.25, 0.3) is 0 Å². The van der Waals surface area contributed by atoms with Crippen LogP contribution < -0.4 is 10.5 Å². The summed E-state index contributed by atoms with van der Waals surface area (Å²) in [5.74, 6) is 1.03. The maximum Gasteiger partial charge on any atom is 0.216 e. The Kier molecular flexibility index (Phi) is 3.69. The van der Waals surface area contributed by atoms with Crippen LogP contribution in [0.5, 0.6) is 5.88 Å². The molecule has 0 spiro atoms. The lowest BCUT2D eigenvalue weighted by atomic mass is 9.96. The highest BCUT2D eigenvalue weighted by Crippen LogP contribution is 2.18. The van der Waals surface area contributed by atoms with Crippen molar-refractivity contribution in [1.29, 1.82) is 0 Å². The first-order valence-electron chi connectivity index (χ1n) is 5.48. The standard InChI is InChI=1S/C11H17N3O2/c1-15-11-5-9(13-7-14-11)4-10(12)8-2-3-16-6-8/h5,7-8,10H,2-4,6,12H2,1H3. The Labute approximate surface area is 95.0 Å². The summed E-state index contributed by atoms with van der Waals surface area (Å²) >= 11 is 0. The van der Waals surface area contributed by atoms with Gasteiger partial charge < -0.3 is 15.2 Å². The van der Waals surface area contributed by atoms with Gasteiger partial charge in [0.15, 0.2) is 0 Å². The molecule has 16 heavy (non-hydrogen) atoms.